The Morgan fingerprint density at radius 3 is 2.59 bits per heavy atom. The molecule has 1 aromatic carbocycles. The summed E-state index contributed by atoms with van der Waals surface area (Å²) in [6, 6.07) is 3.47. The number of ether oxygens (including phenoxy) is 2. The Hall–Kier alpha value is -4.26. The van der Waals surface area contributed by atoms with Gasteiger partial charge in [-0.1, -0.05) is 12.0 Å². The van der Waals surface area contributed by atoms with E-state index in [0.29, 0.717) is 23.6 Å². The molecule has 1 fully saturated rings. The molecule has 0 radical (unpaired) electrons. The van der Waals surface area contributed by atoms with Gasteiger partial charge in [0.15, 0.2) is 5.65 Å². The van der Waals surface area contributed by atoms with Crippen LogP contribution in [0.15, 0.2) is 18.3 Å². The van der Waals surface area contributed by atoms with Gasteiger partial charge < -0.3 is 20.9 Å². The van der Waals surface area contributed by atoms with Crippen LogP contribution < -0.4 is 16.2 Å². The number of likely N-dealkylation sites (tertiary alicyclic amines) is 1. The molecular weight excluding hydrogens is 472 g/mol. The van der Waals surface area contributed by atoms with Gasteiger partial charge in [-0.2, -0.15) is 0 Å². The number of hydrogen-bond donors (Lipinski definition) is 2. The predicted molar refractivity (Wildman–Crippen MR) is 141 cm³/mol. The summed E-state index contributed by atoms with van der Waals surface area (Å²) in [5, 5.41) is 0. The quantitative estimate of drug-likeness (QED) is 0.521. The Kier molecular flexibility index (Phi) is 6.74. The lowest BCUT2D eigenvalue weighted by Gasteiger charge is -2.26. The van der Waals surface area contributed by atoms with Crippen molar-refractivity contribution in [2.45, 2.75) is 59.1 Å². The Morgan fingerprint density at radius 1 is 1.22 bits per heavy atom. The van der Waals surface area contributed by atoms with E-state index >= 15 is 0 Å². The van der Waals surface area contributed by atoms with Gasteiger partial charge in [0.2, 0.25) is 0 Å². The van der Waals surface area contributed by atoms with Crippen molar-refractivity contribution in [3.63, 3.8) is 0 Å². The molecule has 3 heterocycles. The van der Waals surface area contributed by atoms with Crippen molar-refractivity contribution in [1.82, 2.24) is 19.4 Å². The Bertz CT molecular complexity index is 1460. The van der Waals surface area contributed by atoms with Crippen molar-refractivity contribution >= 4 is 29.0 Å². The number of aromatic nitrogens is 3. The number of methoxy groups -OCH3 is 1. The van der Waals surface area contributed by atoms with E-state index in [0.717, 1.165) is 29.7 Å². The van der Waals surface area contributed by atoms with E-state index in [-0.39, 0.29) is 22.9 Å². The fourth-order valence-corrected chi connectivity index (χ4v) is 4.59. The first kappa shape index (κ1) is 25.8. The Labute approximate surface area is 215 Å². The SMILES string of the molecule is COc1ccc(C)c(-n2c(N)c(C(N)=O)c3nc(C#CC4CCCN4C(=O)OC(C)(C)C)cnc32)c1C. The fourth-order valence-electron chi connectivity index (χ4n) is 4.59. The van der Waals surface area contributed by atoms with Crippen molar-refractivity contribution in [3.05, 3.63) is 40.7 Å². The second kappa shape index (κ2) is 9.65. The molecule has 194 valence electrons. The Balaban J connectivity index is 1.78. The molecule has 0 saturated carbocycles. The second-order valence-electron chi connectivity index (χ2n) is 10.0. The van der Waals surface area contributed by atoms with Crippen molar-refractivity contribution in [3.8, 4) is 23.3 Å². The van der Waals surface area contributed by atoms with Crippen LogP contribution in [-0.2, 0) is 4.74 Å². The number of primary amides is 1. The molecule has 0 aliphatic carbocycles. The van der Waals surface area contributed by atoms with Crippen molar-refractivity contribution in [1.29, 1.82) is 0 Å². The van der Waals surface area contributed by atoms with Crippen molar-refractivity contribution in [2.75, 3.05) is 19.4 Å². The summed E-state index contributed by atoms with van der Waals surface area (Å²) >= 11 is 0. The standard InChI is InChI=1S/C27H32N6O4/c1-15-9-12-19(36-6)16(2)22(15)33-23(28)20(24(29)34)21-25(33)30-14-17(31-21)10-11-18-8-7-13-32(18)26(35)37-27(3,4)5/h9,12,14,18H,7-8,13,28H2,1-6H3,(H2,29,34). The molecule has 4 N–H and O–H groups in total. The number of carbonyl (C=O) groups is 2. The lowest BCUT2D eigenvalue weighted by molar-refractivity contribution is 0.0261. The molecule has 0 spiro atoms. The third-order valence-electron chi connectivity index (χ3n) is 6.22. The van der Waals surface area contributed by atoms with E-state index < -0.39 is 17.6 Å². The number of benzene rings is 1. The Morgan fingerprint density at radius 2 is 1.95 bits per heavy atom. The van der Waals surface area contributed by atoms with Gasteiger partial charge >= 0.3 is 6.09 Å². The van der Waals surface area contributed by atoms with Crippen LogP contribution in [0.4, 0.5) is 10.6 Å². The molecule has 1 atom stereocenters. The summed E-state index contributed by atoms with van der Waals surface area (Å²) in [6.45, 7) is 9.90. The summed E-state index contributed by atoms with van der Waals surface area (Å²) in [5.41, 5.74) is 15.1. The lowest BCUT2D eigenvalue weighted by atomic mass is 10.1. The van der Waals surface area contributed by atoms with Gasteiger partial charge in [-0.05, 0) is 65.0 Å². The number of nitrogens with zero attached hydrogens (tertiary/aromatic N) is 4. The zero-order chi connectivity index (χ0) is 27.1. The van der Waals surface area contributed by atoms with Crippen molar-refractivity contribution in [2.24, 2.45) is 5.73 Å². The molecule has 37 heavy (non-hydrogen) atoms. The average molecular weight is 505 g/mol. The highest BCUT2D eigenvalue weighted by atomic mass is 16.6. The van der Waals surface area contributed by atoms with Crippen LogP contribution in [0.3, 0.4) is 0 Å². The van der Waals surface area contributed by atoms with Crippen LogP contribution in [0.2, 0.25) is 0 Å². The van der Waals surface area contributed by atoms with E-state index in [1.54, 1.807) is 16.6 Å². The summed E-state index contributed by atoms with van der Waals surface area (Å²) in [7, 11) is 1.59. The highest BCUT2D eigenvalue weighted by molar-refractivity contribution is 6.09. The van der Waals surface area contributed by atoms with Gasteiger partial charge in [-0.15, -0.1) is 0 Å². The summed E-state index contributed by atoms with van der Waals surface area (Å²) in [6.07, 6.45) is 2.68. The van der Waals surface area contributed by atoms with Gasteiger partial charge in [-0.25, -0.2) is 14.8 Å². The molecule has 1 aliphatic heterocycles. The molecule has 2 aromatic heterocycles. The third-order valence-corrected chi connectivity index (χ3v) is 6.22. The normalized spacial score (nSPS) is 15.4. The summed E-state index contributed by atoms with van der Waals surface area (Å²) in [5.74, 6) is 6.21. The van der Waals surface area contributed by atoms with Crippen LogP contribution >= 0.6 is 0 Å². The highest BCUT2D eigenvalue weighted by Crippen LogP contribution is 2.35. The minimum absolute atomic E-state index is 0.0732. The van der Waals surface area contributed by atoms with Crippen LogP contribution in [-0.4, -0.2) is 56.7 Å². The first-order valence-electron chi connectivity index (χ1n) is 12.1. The number of anilines is 1. The van der Waals surface area contributed by atoms with Gasteiger partial charge in [0.25, 0.3) is 5.91 Å². The van der Waals surface area contributed by atoms with Crippen LogP contribution in [0.25, 0.3) is 16.9 Å². The summed E-state index contributed by atoms with van der Waals surface area (Å²) in [4.78, 5) is 35.8. The lowest BCUT2D eigenvalue weighted by Crippen LogP contribution is -2.39. The second-order valence-corrected chi connectivity index (χ2v) is 10.0. The van der Waals surface area contributed by atoms with Gasteiger partial charge in [0, 0.05) is 12.1 Å². The number of aryl methyl sites for hydroxylation is 1. The monoisotopic (exact) mass is 504 g/mol. The number of nitrogen functional groups attached to an aromatic ring is 1. The first-order valence-corrected chi connectivity index (χ1v) is 12.1. The maximum Gasteiger partial charge on any atom is 0.411 e. The topological polar surface area (TPSA) is 139 Å². The molecule has 10 nitrogen and oxygen atoms in total. The third kappa shape index (κ3) is 4.89. The number of carbonyl (C=O) groups excluding carboxylic acids is 2. The number of nitrogens with two attached hydrogens (primary N) is 2. The van der Waals surface area contributed by atoms with E-state index in [4.69, 9.17) is 20.9 Å². The molecular formula is C27H32N6O4. The summed E-state index contributed by atoms with van der Waals surface area (Å²) < 4.78 is 12.7. The molecule has 0 bridgehead atoms. The molecule has 3 aromatic rings. The maximum atomic E-state index is 12.6. The van der Waals surface area contributed by atoms with Crippen molar-refractivity contribution < 1.29 is 19.1 Å². The van der Waals surface area contributed by atoms with E-state index in [2.05, 4.69) is 21.8 Å². The van der Waals surface area contributed by atoms with Crippen LogP contribution in [0.5, 0.6) is 5.75 Å². The minimum Gasteiger partial charge on any atom is -0.496 e. The zero-order valence-corrected chi connectivity index (χ0v) is 22.0. The first-order chi connectivity index (χ1) is 17.4. The fraction of sp³-hybridized carbons (Fsp3) is 0.407. The number of hydrogen-bond acceptors (Lipinski definition) is 7. The minimum atomic E-state index is -0.717. The van der Waals surface area contributed by atoms with E-state index in [1.165, 1.54) is 6.20 Å². The smallest absolute Gasteiger partial charge is 0.411 e. The van der Waals surface area contributed by atoms with Gasteiger partial charge in [0.05, 0.1) is 25.0 Å². The zero-order valence-electron chi connectivity index (χ0n) is 22.0. The molecule has 10 heteroatoms. The highest BCUT2D eigenvalue weighted by Gasteiger charge is 2.31. The number of amides is 2. The largest absolute Gasteiger partial charge is 0.496 e. The average Bonchev–Trinajstić information content (AvgIpc) is 3.39. The predicted octanol–water partition coefficient (Wildman–Crippen LogP) is 3.48. The maximum absolute atomic E-state index is 12.6. The molecule has 2 amide bonds. The molecule has 1 saturated heterocycles. The molecule has 1 aliphatic rings. The number of fused-ring (bicyclic) bond motifs is 1. The van der Waals surface area contributed by atoms with Crippen LogP contribution in [0, 0.1) is 25.7 Å². The molecule has 4 rings (SSSR count). The van der Waals surface area contributed by atoms with E-state index in [1.807, 2.05) is 46.8 Å². The van der Waals surface area contributed by atoms with Gasteiger partial charge in [0.1, 0.15) is 33.9 Å². The van der Waals surface area contributed by atoms with Crippen LogP contribution in [0.1, 0.15) is 60.8 Å². The number of rotatable bonds is 3. The van der Waals surface area contributed by atoms with E-state index in [9.17, 15) is 9.59 Å². The molecule has 1 unspecified atom stereocenters. The van der Waals surface area contributed by atoms with Gasteiger partial charge in [-0.3, -0.25) is 14.3 Å².